The average molecular weight is 264 g/mol. The van der Waals surface area contributed by atoms with Crippen LogP contribution in [-0.2, 0) is 9.47 Å². The molecule has 2 aromatic rings. The molecule has 0 saturated carbocycles. The van der Waals surface area contributed by atoms with Gasteiger partial charge < -0.3 is 9.47 Å². The van der Waals surface area contributed by atoms with E-state index in [2.05, 4.69) is 24.0 Å². The first-order valence-electron chi connectivity index (χ1n) is 6.76. The van der Waals surface area contributed by atoms with Gasteiger partial charge in [-0.3, -0.25) is 0 Å². The number of hydrogen-bond acceptors (Lipinski definition) is 2. The fourth-order valence-corrected chi connectivity index (χ4v) is 2.16. The van der Waals surface area contributed by atoms with Gasteiger partial charge in [0, 0.05) is 5.56 Å². The van der Waals surface area contributed by atoms with E-state index in [9.17, 15) is 0 Å². The smallest absolute Gasteiger partial charge is 0.142 e. The van der Waals surface area contributed by atoms with Gasteiger partial charge in [-0.15, -0.1) is 0 Å². The highest BCUT2D eigenvalue weighted by molar-refractivity contribution is 5.34. The van der Waals surface area contributed by atoms with Crippen LogP contribution in [0.1, 0.15) is 17.2 Å². The molecule has 2 heteroatoms. The van der Waals surface area contributed by atoms with Crippen LogP contribution in [0.5, 0.6) is 0 Å². The standard InChI is InChI=1S/C18H16O2/c1-3-7-15(8-4-1)11-12-17-13-19-14-18(20-17)16-9-5-2-6-10-16/h1-10,17-18H,13-14H2/t17-,18-/m0/s1. The molecule has 2 nitrogen and oxygen atoms in total. The van der Waals surface area contributed by atoms with E-state index in [0.717, 1.165) is 11.1 Å². The summed E-state index contributed by atoms with van der Waals surface area (Å²) in [6.07, 6.45) is -0.200. The molecule has 2 atom stereocenters. The predicted molar refractivity (Wildman–Crippen MR) is 78.2 cm³/mol. The Morgan fingerprint density at radius 1 is 0.850 bits per heavy atom. The Kier molecular flexibility index (Phi) is 4.13. The molecule has 1 fully saturated rings. The Morgan fingerprint density at radius 2 is 1.55 bits per heavy atom. The van der Waals surface area contributed by atoms with Crippen molar-refractivity contribution in [2.45, 2.75) is 12.2 Å². The summed E-state index contributed by atoms with van der Waals surface area (Å²) in [5.74, 6) is 6.27. The van der Waals surface area contributed by atoms with Gasteiger partial charge in [0.05, 0.1) is 13.2 Å². The molecule has 3 rings (SSSR count). The van der Waals surface area contributed by atoms with Crippen LogP contribution in [0.4, 0.5) is 0 Å². The first-order valence-corrected chi connectivity index (χ1v) is 6.76. The van der Waals surface area contributed by atoms with Gasteiger partial charge in [-0.2, -0.15) is 0 Å². The van der Waals surface area contributed by atoms with Crippen LogP contribution >= 0.6 is 0 Å². The molecule has 1 heterocycles. The zero-order valence-electron chi connectivity index (χ0n) is 11.2. The maximum Gasteiger partial charge on any atom is 0.142 e. The molecule has 1 aliphatic heterocycles. The quantitative estimate of drug-likeness (QED) is 0.736. The monoisotopic (exact) mass is 264 g/mol. The fraction of sp³-hybridized carbons (Fsp3) is 0.222. The van der Waals surface area contributed by atoms with E-state index in [1.54, 1.807) is 0 Å². The first-order chi connectivity index (χ1) is 9.92. The Labute approximate surface area is 119 Å². The molecule has 0 bridgehead atoms. The molecule has 0 spiro atoms. The first kappa shape index (κ1) is 12.9. The fourth-order valence-electron chi connectivity index (χ4n) is 2.16. The van der Waals surface area contributed by atoms with E-state index >= 15 is 0 Å². The molecule has 0 amide bonds. The summed E-state index contributed by atoms with van der Waals surface area (Å²) in [5.41, 5.74) is 2.14. The van der Waals surface area contributed by atoms with E-state index in [-0.39, 0.29) is 12.2 Å². The normalized spacial score (nSPS) is 21.8. The van der Waals surface area contributed by atoms with Gasteiger partial charge in [0.15, 0.2) is 0 Å². The molecule has 0 radical (unpaired) electrons. The Balaban J connectivity index is 1.69. The second-order valence-electron chi connectivity index (χ2n) is 4.70. The number of ether oxygens (including phenoxy) is 2. The van der Waals surface area contributed by atoms with Gasteiger partial charge in [-0.05, 0) is 17.7 Å². The third-order valence-electron chi connectivity index (χ3n) is 3.19. The minimum atomic E-state index is -0.172. The minimum absolute atomic E-state index is 0.0278. The molecule has 0 aromatic heterocycles. The second kappa shape index (κ2) is 6.38. The van der Waals surface area contributed by atoms with Gasteiger partial charge >= 0.3 is 0 Å². The Bertz CT molecular complexity index is 596. The maximum atomic E-state index is 6.00. The van der Waals surface area contributed by atoms with Crippen molar-refractivity contribution in [2.75, 3.05) is 13.2 Å². The lowest BCUT2D eigenvalue weighted by Crippen LogP contribution is -2.30. The summed E-state index contributed by atoms with van der Waals surface area (Å²) >= 11 is 0. The molecular formula is C18H16O2. The molecule has 0 N–H and O–H groups in total. The molecular weight excluding hydrogens is 248 g/mol. The molecule has 20 heavy (non-hydrogen) atoms. The van der Waals surface area contributed by atoms with Crippen molar-refractivity contribution in [1.82, 2.24) is 0 Å². The van der Waals surface area contributed by atoms with Crippen LogP contribution in [0.25, 0.3) is 0 Å². The highest BCUT2D eigenvalue weighted by atomic mass is 16.6. The molecule has 1 saturated heterocycles. The highest BCUT2D eigenvalue weighted by Crippen LogP contribution is 2.23. The van der Waals surface area contributed by atoms with E-state index in [4.69, 9.17) is 9.47 Å². The van der Waals surface area contributed by atoms with Crippen LogP contribution < -0.4 is 0 Å². The van der Waals surface area contributed by atoms with Crippen molar-refractivity contribution < 1.29 is 9.47 Å². The van der Waals surface area contributed by atoms with Crippen molar-refractivity contribution >= 4 is 0 Å². The van der Waals surface area contributed by atoms with Crippen LogP contribution in [0, 0.1) is 11.8 Å². The third-order valence-corrected chi connectivity index (χ3v) is 3.19. The summed E-state index contributed by atoms with van der Waals surface area (Å²) in [5, 5.41) is 0. The lowest BCUT2D eigenvalue weighted by molar-refractivity contribution is -0.118. The average Bonchev–Trinajstić information content (AvgIpc) is 2.55. The van der Waals surface area contributed by atoms with Gasteiger partial charge in [0.25, 0.3) is 0 Å². The summed E-state index contributed by atoms with van der Waals surface area (Å²) in [4.78, 5) is 0. The lowest BCUT2D eigenvalue weighted by atomic mass is 10.1. The van der Waals surface area contributed by atoms with Gasteiger partial charge in [-0.1, -0.05) is 60.4 Å². The molecule has 0 unspecified atom stereocenters. The Morgan fingerprint density at radius 3 is 2.30 bits per heavy atom. The van der Waals surface area contributed by atoms with Crippen LogP contribution in [0.3, 0.4) is 0 Å². The van der Waals surface area contributed by atoms with E-state index in [1.807, 2.05) is 48.5 Å². The van der Waals surface area contributed by atoms with Crippen LogP contribution in [0.15, 0.2) is 60.7 Å². The number of hydrogen-bond donors (Lipinski definition) is 0. The minimum Gasteiger partial charge on any atom is -0.375 e. The van der Waals surface area contributed by atoms with E-state index < -0.39 is 0 Å². The van der Waals surface area contributed by atoms with E-state index in [1.165, 1.54) is 0 Å². The van der Waals surface area contributed by atoms with Crippen molar-refractivity contribution in [1.29, 1.82) is 0 Å². The highest BCUT2D eigenvalue weighted by Gasteiger charge is 2.22. The van der Waals surface area contributed by atoms with Crippen LogP contribution in [0.2, 0.25) is 0 Å². The SMILES string of the molecule is C(#C[C@H]1COC[C@@H](c2ccccc2)O1)c1ccccc1. The van der Waals surface area contributed by atoms with Crippen molar-refractivity contribution in [3.63, 3.8) is 0 Å². The van der Waals surface area contributed by atoms with Crippen molar-refractivity contribution in [3.8, 4) is 11.8 Å². The molecule has 2 aromatic carbocycles. The zero-order chi connectivity index (χ0) is 13.6. The topological polar surface area (TPSA) is 18.5 Å². The summed E-state index contributed by atoms with van der Waals surface area (Å²) in [6, 6.07) is 20.1. The van der Waals surface area contributed by atoms with Gasteiger partial charge in [0.1, 0.15) is 12.2 Å². The maximum absolute atomic E-state index is 6.00. The van der Waals surface area contributed by atoms with Crippen LogP contribution in [-0.4, -0.2) is 19.3 Å². The molecule has 1 aliphatic rings. The van der Waals surface area contributed by atoms with Crippen molar-refractivity contribution in [3.05, 3.63) is 71.8 Å². The molecule has 100 valence electrons. The predicted octanol–water partition coefficient (Wildman–Crippen LogP) is 3.19. The largest absolute Gasteiger partial charge is 0.375 e. The zero-order valence-corrected chi connectivity index (χ0v) is 11.2. The summed E-state index contributed by atoms with van der Waals surface area (Å²) in [6.45, 7) is 1.12. The van der Waals surface area contributed by atoms with Crippen molar-refractivity contribution in [2.24, 2.45) is 0 Å². The van der Waals surface area contributed by atoms with E-state index in [0.29, 0.717) is 13.2 Å². The van der Waals surface area contributed by atoms with Gasteiger partial charge in [0.2, 0.25) is 0 Å². The second-order valence-corrected chi connectivity index (χ2v) is 4.70. The summed E-state index contributed by atoms with van der Waals surface area (Å²) < 4.78 is 11.6. The lowest BCUT2D eigenvalue weighted by Gasteiger charge is -2.27. The Hall–Kier alpha value is -2.08. The molecule has 0 aliphatic carbocycles. The third kappa shape index (κ3) is 3.27. The number of rotatable bonds is 1. The number of benzene rings is 2. The van der Waals surface area contributed by atoms with Gasteiger partial charge in [-0.25, -0.2) is 0 Å². The summed E-state index contributed by atoms with van der Waals surface area (Å²) in [7, 11) is 0.